The van der Waals surface area contributed by atoms with Crippen LogP contribution in [0.5, 0.6) is 5.75 Å². The van der Waals surface area contributed by atoms with Gasteiger partial charge in [-0.05, 0) is 55.5 Å². The predicted molar refractivity (Wildman–Crippen MR) is 108 cm³/mol. The van der Waals surface area contributed by atoms with Crippen molar-refractivity contribution in [2.24, 2.45) is 0 Å². The summed E-state index contributed by atoms with van der Waals surface area (Å²) in [5.74, 6) is 0.505. The lowest BCUT2D eigenvalue weighted by molar-refractivity contribution is 0.0730. The number of H-pyrrole nitrogens is 2. The normalized spacial score (nSPS) is 18.4. The number of amides is 1. The van der Waals surface area contributed by atoms with Gasteiger partial charge in [0.1, 0.15) is 11.3 Å². The number of nitrogens with one attached hydrogen (secondary N) is 2. The van der Waals surface area contributed by atoms with Crippen LogP contribution < -0.4 is 10.3 Å². The standard InChI is InChI=1S/C22H23N3O4/c1-29-12-5-6-18-14(9-12)13-7-8-25(11-19(13)23-18)22(28)16-10-15-17(24-21(16)27)3-2-4-20(15)26/h5-6,9-10,20,23,26H,2-4,7-8,11H2,1H3,(H,24,27). The van der Waals surface area contributed by atoms with Gasteiger partial charge < -0.3 is 24.7 Å². The Bertz CT molecular complexity index is 1180. The summed E-state index contributed by atoms with van der Waals surface area (Å²) in [4.78, 5) is 33.6. The molecule has 7 nitrogen and oxygen atoms in total. The van der Waals surface area contributed by atoms with Gasteiger partial charge in [-0.25, -0.2) is 0 Å². The third-order valence-electron chi connectivity index (χ3n) is 6.12. The third-order valence-corrected chi connectivity index (χ3v) is 6.12. The largest absolute Gasteiger partial charge is 0.497 e. The lowest BCUT2D eigenvalue weighted by Crippen LogP contribution is -2.39. The van der Waals surface area contributed by atoms with Gasteiger partial charge in [-0.15, -0.1) is 0 Å². The fraction of sp³-hybridized carbons (Fsp3) is 0.364. The van der Waals surface area contributed by atoms with Gasteiger partial charge in [-0.2, -0.15) is 0 Å². The van der Waals surface area contributed by atoms with Crippen molar-refractivity contribution in [3.05, 3.63) is 62.7 Å². The van der Waals surface area contributed by atoms with Crippen LogP contribution >= 0.6 is 0 Å². The van der Waals surface area contributed by atoms with Crippen molar-refractivity contribution in [1.82, 2.24) is 14.9 Å². The Hall–Kier alpha value is -3.06. The maximum atomic E-state index is 13.1. The molecular formula is C22H23N3O4. The van der Waals surface area contributed by atoms with Crippen molar-refractivity contribution in [3.63, 3.8) is 0 Å². The molecular weight excluding hydrogens is 370 g/mol. The van der Waals surface area contributed by atoms with E-state index >= 15 is 0 Å². The minimum absolute atomic E-state index is 0.103. The van der Waals surface area contributed by atoms with Crippen molar-refractivity contribution < 1.29 is 14.6 Å². The van der Waals surface area contributed by atoms with Crippen LogP contribution in [0.15, 0.2) is 29.1 Å². The number of hydrogen-bond acceptors (Lipinski definition) is 4. The Morgan fingerprint density at radius 2 is 2.07 bits per heavy atom. The first-order valence-corrected chi connectivity index (χ1v) is 9.96. The zero-order chi connectivity index (χ0) is 20.1. The van der Waals surface area contributed by atoms with Crippen LogP contribution in [0.4, 0.5) is 0 Å². The van der Waals surface area contributed by atoms with Crippen LogP contribution in [0.1, 0.15) is 51.8 Å². The van der Waals surface area contributed by atoms with Crippen molar-refractivity contribution in [2.75, 3.05) is 13.7 Å². The average molecular weight is 393 g/mol. The third kappa shape index (κ3) is 2.93. The number of pyridine rings is 1. The first kappa shape index (κ1) is 18.0. The molecule has 1 amide bonds. The molecule has 0 fully saturated rings. The van der Waals surface area contributed by atoms with E-state index < -0.39 is 6.10 Å². The lowest BCUT2D eigenvalue weighted by Gasteiger charge is -2.28. The van der Waals surface area contributed by atoms with Crippen molar-refractivity contribution in [1.29, 1.82) is 0 Å². The molecule has 3 N–H and O–H groups in total. The highest BCUT2D eigenvalue weighted by molar-refractivity contribution is 5.95. The number of aliphatic hydroxyl groups excluding tert-OH is 1. The number of methoxy groups -OCH3 is 1. The molecule has 1 atom stereocenters. The highest BCUT2D eigenvalue weighted by Crippen LogP contribution is 2.31. The van der Waals surface area contributed by atoms with Gasteiger partial charge in [-0.3, -0.25) is 9.59 Å². The summed E-state index contributed by atoms with van der Waals surface area (Å²) in [6.07, 6.45) is 2.29. The predicted octanol–water partition coefficient (Wildman–Crippen LogP) is 2.43. The molecule has 1 unspecified atom stereocenters. The Kier molecular flexibility index (Phi) is 4.20. The second-order valence-corrected chi connectivity index (χ2v) is 7.82. The molecule has 1 aliphatic heterocycles. The van der Waals surface area contributed by atoms with Crippen LogP contribution in [-0.2, 0) is 19.4 Å². The van der Waals surface area contributed by atoms with Gasteiger partial charge in [0, 0.05) is 34.4 Å². The van der Waals surface area contributed by atoms with Crippen LogP contribution in [0.2, 0.25) is 0 Å². The fourth-order valence-electron chi connectivity index (χ4n) is 4.57. The number of fused-ring (bicyclic) bond motifs is 4. The number of aromatic amines is 2. The number of benzene rings is 1. The summed E-state index contributed by atoms with van der Waals surface area (Å²) in [6.45, 7) is 0.958. The van der Waals surface area contributed by atoms with E-state index in [2.05, 4.69) is 9.97 Å². The van der Waals surface area contributed by atoms with E-state index in [0.29, 0.717) is 31.5 Å². The minimum atomic E-state index is -0.626. The van der Waals surface area contributed by atoms with E-state index in [9.17, 15) is 14.7 Å². The second-order valence-electron chi connectivity index (χ2n) is 7.82. The number of hydrogen-bond donors (Lipinski definition) is 3. The van der Waals surface area contributed by atoms with E-state index in [4.69, 9.17) is 4.74 Å². The summed E-state index contributed by atoms with van der Waals surface area (Å²) < 4.78 is 5.33. The molecule has 0 spiro atoms. The summed E-state index contributed by atoms with van der Waals surface area (Å²) in [7, 11) is 1.65. The molecule has 150 valence electrons. The van der Waals surface area contributed by atoms with E-state index in [0.717, 1.165) is 40.9 Å². The SMILES string of the molecule is COc1ccc2[nH]c3c(c2c1)CCN(C(=O)c1cc2c([nH]c1=O)CCCC2O)C3. The Labute approximate surface area is 167 Å². The summed E-state index contributed by atoms with van der Waals surface area (Å²) in [6, 6.07) is 7.49. The molecule has 0 saturated carbocycles. The number of nitrogens with zero attached hydrogens (tertiary/aromatic N) is 1. The molecule has 0 radical (unpaired) electrons. The van der Waals surface area contributed by atoms with Gasteiger partial charge in [0.25, 0.3) is 11.5 Å². The first-order chi connectivity index (χ1) is 14.0. The monoisotopic (exact) mass is 393 g/mol. The highest BCUT2D eigenvalue weighted by atomic mass is 16.5. The Morgan fingerprint density at radius 1 is 1.21 bits per heavy atom. The molecule has 3 heterocycles. The maximum absolute atomic E-state index is 13.1. The lowest BCUT2D eigenvalue weighted by atomic mass is 9.92. The molecule has 1 aromatic carbocycles. The fourth-order valence-corrected chi connectivity index (χ4v) is 4.57. The van der Waals surface area contributed by atoms with Gasteiger partial charge in [0.15, 0.2) is 0 Å². The quantitative estimate of drug-likeness (QED) is 0.623. The molecule has 3 aromatic rings. The molecule has 2 aliphatic rings. The summed E-state index contributed by atoms with van der Waals surface area (Å²) in [5.41, 5.74) is 4.34. The van der Waals surface area contributed by atoms with Gasteiger partial charge >= 0.3 is 0 Å². The molecule has 5 rings (SSSR count). The first-order valence-electron chi connectivity index (χ1n) is 9.96. The molecule has 29 heavy (non-hydrogen) atoms. The van der Waals surface area contributed by atoms with Crippen molar-refractivity contribution in [2.45, 2.75) is 38.3 Å². The zero-order valence-corrected chi connectivity index (χ0v) is 16.2. The van der Waals surface area contributed by atoms with E-state index in [1.54, 1.807) is 18.1 Å². The summed E-state index contributed by atoms with van der Waals surface area (Å²) >= 11 is 0. The number of rotatable bonds is 2. The molecule has 0 saturated heterocycles. The number of carbonyl (C=O) groups excluding carboxylic acids is 1. The highest BCUT2D eigenvalue weighted by Gasteiger charge is 2.28. The number of aliphatic hydroxyl groups is 1. The van der Waals surface area contributed by atoms with Crippen LogP contribution in [0.3, 0.4) is 0 Å². The van der Waals surface area contributed by atoms with E-state index in [1.165, 1.54) is 5.56 Å². The Morgan fingerprint density at radius 3 is 2.90 bits per heavy atom. The van der Waals surface area contributed by atoms with Crippen LogP contribution in [0.25, 0.3) is 10.9 Å². The van der Waals surface area contributed by atoms with Crippen LogP contribution in [0, 0.1) is 0 Å². The molecule has 1 aliphatic carbocycles. The van der Waals surface area contributed by atoms with Gasteiger partial charge in [0.2, 0.25) is 0 Å². The summed E-state index contributed by atoms with van der Waals surface area (Å²) in [5, 5.41) is 11.4. The van der Waals surface area contributed by atoms with Gasteiger partial charge in [-0.1, -0.05) is 0 Å². The number of carbonyl (C=O) groups is 1. The Balaban J connectivity index is 1.47. The van der Waals surface area contributed by atoms with Crippen LogP contribution in [-0.4, -0.2) is 39.5 Å². The zero-order valence-electron chi connectivity index (χ0n) is 16.2. The minimum Gasteiger partial charge on any atom is -0.497 e. The van der Waals surface area contributed by atoms with E-state index in [1.807, 2.05) is 18.2 Å². The smallest absolute Gasteiger partial charge is 0.261 e. The maximum Gasteiger partial charge on any atom is 0.261 e. The number of aryl methyl sites for hydroxylation is 1. The van der Waals surface area contributed by atoms with Gasteiger partial charge in [0.05, 0.1) is 19.8 Å². The average Bonchev–Trinajstić information content (AvgIpc) is 3.10. The number of aromatic nitrogens is 2. The number of ether oxygens (including phenoxy) is 1. The van der Waals surface area contributed by atoms with Crippen molar-refractivity contribution in [3.8, 4) is 5.75 Å². The second kappa shape index (κ2) is 6.77. The topological polar surface area (TPSA) is 98.4 Å². The molecule has 7 heteroatoms. The molecule has 2 aromatic heterocycles. The van der Waals surface area contributed by atoms with Crippen molar-refractivity contribution >= 4 is 16.8 Å². The van der Waals surface area contributed by atoms with E-state index in [-0.39, 0.29) is 17.0 Å². The molecule has 0 bridgehead atoms.